The van der Waals surface area contributed by atoms with Gasteiger partial charge in [0.2, 0.25) is 5.91 Å². The Kier molecular flexibility index (Phi) is 3.26. The predicted molar refractivity (Wildman–Crippen MR) is 58.2 cm³/mol. The van der Waals surface area contributed by atoms with Gasteiger partial charge in [-0.3, -0.25) is 4.79 Å². The normalized spacial score (nSPS) is 19.5. The van der Waals surface area contributed by atoms with Gasteiger partial charge in [-0.25, -0.2) is 0 Å². The van der Waals surface area contributed by atoms with E-state index in [1.54, 1.807) is 25.1 Å². The van der Waals surface area contributed by atoms with Gasteiger partial charge < -0.3 is 10.1 Å². The van der Waals surface area contributed by atoms with Crippen LogP contribution < -0.4 is 10.1 Å². The molecule has 1 aliphatic heterocycles. The van der Waals surface area contributed by atoms with Crippen LogP contribution in [0.1, 0.15) is 23.5 Å². The molecule has 92 valence electrons. The molecule has 5 heteroatoms. The zero-order chi connectivity index (χ0) is 12.4. The van der Waals surface area contributed by atoms with E-state index >= 15 is 0 Å². The lowest BCUT2D eigenvalue weighted by Gasteiger charge is -2.16. The number of aryl methyl sites for hydroxylation is 1. The second kappa shape index (κ2) is 4.69. The van der Waals surface area contributed by atoms with E-state index in [0.717, 1.165) is 0 Å². The zero-order valence-electron chi connectivity index (χ0n) is 9.37. The number of hydrogen-bond acceptors (Lipinski definition) is 2. The number of rotatable bonds is 3. The van der Waals surface area contributed by atoms with E-state index in [2.05, 4.69) is 10.1 Å². The summed E-state index contributed by atoms with van der Waals surface area (Å²) in [4.78, 5) is 11.1. The molecule has 1 amide bonds. The minimum absolute atomic E-state index is 0.0560. The molecule has 2 rings (SSSR count). The van der Waals surface area contributed by atoms with E-state index in [1.165, 1.54) is 0 Å². The highest BCUT2D eigenvalue weighted by molar-refractivity contribution is 5.79. The summed E-state index contributed by atoms with van der Waals surface area (Å²) >= 11 is 0. The number of carbonyl (C=O) groups is 1. The van der Waals surface area contributed by atoms with E-state index in [-0.39, 0.29) is 17.6 Å². The van der Waals surface area contributed by atoms with Crippen LogP contribution in [0.25, 0.3) is 0 Å². The first-order valence-electron chi connectivity index (χ1n) is 5.39. The smallest absolute Gasteiger partial charge is 0.387 e. The van der Waals surface area contributed by atoms with Crippen molar-refractivity contribution in [1.82, 2.24) is 5.32 Å². The van der Waals surface area contributed by atoms with Crippen molar-refractivity contribution in [2.75, 3.05) is 6.54 Å². The molecular formula is C12H13F2NO2. The second-order valence-corrected chi connectivity index (χ2v) is 4.08. The fourth-order valence-corrected chi connectivity index (χ4v) is 2.07. The lowest BCUT2D eigenvalue weighted by atomic mass is 9.95. The monoisotopic (exact) mass is 241 g/mol. The summed E-state index contributed by atoms with van der Waals surface area (Å²) in [6.07, 6.45) is 0.322. The van der Waals surface area contributed by atoms with Crippen molar-refractivity contribution < 1.29 is 18.3 Å². The van der Waals surface area contributed by atoms with Gasteiger partial charge in [0, 0.05) is 24.4 Å². The van der Waals surface area contributed by atoms with Gasteiger partial charge >= 0.3 is 6.61 Å². The summed E-state index contributed by atoms with van der Waals surface area (Å²) in [5, 5.41) is 2.69. The van der Waals surface area contributed by atoms with Crippen molar-refractivity contribution in [3.8, 4) is 5.75 Å². The van der Waals surface area contributed by atoms with Crippen LogP contribution in [0.2, 0.25) is 0 Å². The van der Waals surface area contributed by atoms with Crippen LogP contribution in [-0.4, -0.2) is 19.1 Å². The largest absolute Gasteiger partial charge is 0.434 e. The summed E-state index contributed by atoms with van der Waals surface area (Å²) in [5.74, 6) is 0.0552. The summed E-state index contributed by atoms with van der Waals surface area (Å²) in [6.45, 7) is -0.660. The van der Waals surface area contributed by atoms with Gasteiger partial charge in [-0.15, -0.1) is 0 Å². The molecule has 1 aromatic carbocycles. The first-order valence-corrected chi connectivity index (χ1v) is 5.39. The minimum atomic E-state index is -2.85. The lowest BCUT2D eigenvalue weighted by Crippen LogP contribution is -2.14. The number of alkyl halides is 2. The maximum Gasteiger partial charge on any atom is 0.387 e. The third kappa shape index (κ3) is 2.54. The molecule has 0 spiro atoms. The van der Waals surface area contributed by atoms with E-state index in [0.29, 0.717) is 24.1 Å². The van der Waals surface area contributed by atoms with E-state index in [1.807, 2.05) is 0 Å². The van der Waals surface area contributed by atoms with Crippen molar-refractivity contribution in [2.45, 2.75) is 25.9 Å². The number of para-hydroxylation sites is 1. The number of hydrogen-bond donors (Lipinski definition) is 1. The molecule has 1 atom stereocenters. The second-order valence-electron chi connectivity index (χ2n) is 4.08. The highest BCUT2D eigenvalue weighted by atomic mass is 19.3. The zero-order valence-corrected chi connectivity index (χ0v) is 9.37. The average molecular weight is 241 g/mol. The molecule has 3 nitrogen and oxygen atoms in total. The molecule has 1 saturated heterocycles. The van der Waals surface area contributed by atoms with E-state index < -0.39 is 6.61 Å². The van der Waals surface area contributed by atoms with Gasteiger partial charge in [0.25, 0.3) is 0 Å². The maximum atomic E-state index is 12.3. The first kappa shape index (κ1) is 11.8. The van der Waals surface area contributed by atoms with Crippen LogP contribution in [0.3, 0.4) is 0 Å². The predicted octanol–water partition coefficient (Wildman–Crippen LogP) is 2.20. The van der Waals surface area contributed by atoms with Crippen molar-refractivity contribution in [1.29, 1.82) is 0 Å². The number of nitrogens with one attached hydrogen (secondary N) is 1. The number of amides is 1. The molecule has 1 aromatic rings. The standard InChI is InChI=1S/C12H13F2NO2/c1-7-3-2-4-9(11(7)17-12(13)14)8-5-10(16)15-6-8/h2-4,8,12H,5-6H2,1H3,(H,15,16). The number of carbonyl (C=O) groups excluding carboxylic acids is 1. The first-order chi connectivity index (χ1) is 8.08. The van der Waals surface area contributed by atoms with E-state index in [4.69, 9.17) is 0 Å². The average Bonchev–Trinajstić information content (AvgIpc) is 2.67. The minimum Gasteiger partial charge on any atom is -0.434 e. The summed E-state index contributed by atoms with van der Waals surface area (Å²) < 4.78 is 29.2. The Bertz CT molecular complexity index is 435. The fourth-order valence-electron chi connectivity index (χ4n) is 2.07. The Morgan fingerprint density at radius 2 is 2.24 bits per heavy atom. The molecule has 1 heterocycles. The highest BCUT2D eigenvalue weighted by Gasteiger charge is 2.27. The molecule has 1 aliphatic rings. The highest BCUT2D eigenvalue weighted by Crippen LogP contribution is 2.34. The molecule has 1 unspecified atom stereocenters. The quantitative estimate of drug-likeness (QED) is 0.881. The van der Waals surface area contributed by atoms with Crippen molar-refractivity contribution in [3.05, 3.63) is 29.3 Å². The SMILES string of the molecule is Cc1cccc(C2CNC(=O)C2)c1OC(F)F. The molecule has 0 aliphatic carbocycles. The van der Waals surface area contributed by atoms with Gasteiger partial charge in [-0.2, -0.15) is 8.78 Å². The summed E-state index contributed by atoms with van der Waals surface area (Å²) in [7, 11) is 0. The Hall–Kier alpha value is -1.65. The third-order valence-electron chi connectivity index (χ3n) is 2.87. The fraction of sp³-hybridized carbons (Fsp3) is 0.417. The molecule has 0 bridgehead atoms. The molecule has 0 aromatic heterocycles. The van der Waals surface area contributed by atoms with Crippen LogP contribution in [-0.2, 0) is 4.79 Å². The van der Waals surface area contributed by atoms with Crippen molar-refractivity contribution in [3.63, 3.8) is 0 Å². The number of ether oxygens (including phenoxy) is 1. The molecule has 1 N–H and O–H groups in total. The van der Waals surface area contributed by atoms with Crippen LogP contribution in [0.4, 0.5) is 8.78 Å². The van der Waals surface area contributed by atoms with Crippen molar-refractivity contribution in [2.24, 2.45) is 0 Å². The van der Waals surface area contributed by atoms with Crippen LogP contribution >= 0.6 is 0 Å². The Morgan fingerprint density at radius 3 is 2.82 bits per heavy atom. The molecule has 1 fully saturated rings. The molecule has 0 saturated carbocycles. The number of halogens is 2. The Morgan fingerprint density at radius 1 is 1.47 bits per heavy atom. The lowest BCUT2D eigenvalue weighted by molar-refractivity contribution is -0.119. The van der Waals surface area contributed by atoms with Gasteiger partial charge in [-0.05, 0) is 12.5 Å². The maximum absolute atomic E-state index is 12.3. The molecular weight excluding hydrogens is 228 g/mol. The molecule has 0 radical (unpaired) electrons. The summed E-state index contributed by atoms with van der Waals surface area (Å²) in [6, 6.07) is 5.23. The molecule has 17 heavy (non-hydrogen) atoms. The van der Waals surface area contributed by atoms with Gasteiger partial charge in [0.1, 0.15) is 5.75 Å². The van der Waals surface area contributed by atoms with E-state index in [9.17, 15) is 13.6 Å². The summed E-state index contributed by atoms with van der Waals surface area (Å²) in [5.41, 5.74) is 1.32. The third-order valence-corrected chi connectivity index (χ3v) is 2.87. The topological polar surface area (TPSA) is 38.3 Å². The van der Waals surface area contributed by atoms with Gasteiger partial charge in [0.15, 0.2) is 0 Å². The Balaban J connectivity index is 2.32. The van der Waals surface area contributed by atoms with Gasteiger partial charge in [-0.1, -0.05) is 18.2 Å². The van der Waals surface area contributed by atoms with Gasteiger partial charge in [0.05, 0.1) is 0 Å². The van der Waals surface area contributed by atoms with Crippen LogP contribution in [0, 0.1) is 6.92 Å². The van der Waals surface area contributed by atoms with Crippen LogP contribution in [0.15, 0.2) is 18.2 Å². The Labute approximate surface area is 97.8 Å². The van der Waals surface area contributed by atoms with Crippen LogP contribution in [0.5, 0.6) is 5.75 Å². The van der Waals surface area contributed by atoms with Crippen molar-refractivity contribution >= 4 is 5.91 Å². The number of benzene rings is 1.